The summed E-state index contributed by atoms with van der Waals surface area (Å²) >= 11 is 2.28. The zero-order valence-corrected chi connectivity index (χ0v) is 19.1. The van der Waals surface area contributed by atoms with E-state index in [-0.39, 0.29) is 0 Å². The molecule has 0 spiro atoms. The van der Waals surface area contributed by atoms with Crippen LogP contribution in [0.2, 0.25) is 0 Å². The molecular weight excluding hydrogens is 483 g/mol. The van der Waals surface area contributed by atoms with E-state index in [2.05, 4.69) is 29.2 Å². The molecule has 0 unspecified atom stereocenters. The van der Waals surface area contributed by atoms with Gasteiger partial charge in [-0.3, -0.25) is 0 Å². The lowest BCUT2D eigenvalue weighted by Gasteiger charge is -2.08. The fourth-order valence-electron chi connectivity index (χ4n) is 1.76. The molecule has 0 aliphatic carbocycles. The van der Waals surface area contributed by atoms with E-state index >= 15 is 0 Å². The molecule has 0 amide bonds. The Balaban J connectivity index is 2.97. The Kier molecular flexibility index (Phi) is 27.3. The van der Waals surface area contributed by atoms with Gasteiger partial charge in [0.1, 0.15) is 0 Å². The number of ether oxygens (including phenoxy) is 8. The van der Waals surface area contributed by atoms with Crippen LogP contribution in [0.1, 0.15) is 0 Å². The predicted octanol–water partition coefficient (Wildman–Crippen LogP) is 1.74. The molecule has 0 aromatic rings. The Morgan fingerprint density at radius 3 is 0.929 bits per heavy atom. The number of hydrogen-bond acceptors (Lipinski definition) is 8. The lowest BCUT2D eigenvalue weighted by atomic mass is 10.6. The lowest BCUT2D eigenvalue weighted by molar-refractivity contribution is -0.0222. The van der Waals surface area contributed by atoms with Crippen molar-refractivity contribution in [2.75, 3.05) is 110 Å². The molecule has 0 fully saturated rings. The zero-order chi connectivity index (χ0) is 20.4. The molecular formula is C19H37IO8. The van der Waals surface area contributed by atoms with Crippen LogP contribution in [0.15, 0.2) is 12.7 Å². The third kappa shape index (κ3) is 26.1. The fourth-order valence-corrected chi connectivity index (χ4v) is 2.07. The van der Waals surface area contributed by atoms with Crippen molar-refractivity contribution >= 4 is 22.6 Å². The van der Waals surface area contributed by atoms with Crippen LogP contribution in [0.25, 0.3) is 0 Å². The minimum absolute atomic E-state index is 0.542. The molecule has 0 saturated carbocycles. The zero-order valence-electron chi connectivity index (χ0n) is 16.9. The molecule has 9 heteroatoms. The minimum atomic E-state index is 0.542. The summed E-state index contributed by atoms with van der Waals surface area (Å²) < 4.78 is 43.8. The summed E-state index contributed by atoms with van der Waals surface area (Å²) in [7, 11) is 0. The van der Waals surface area contributed by atoms with Gasteiger partial charge >= 0.3 is 0 Å². The molecule has 0 radical (unpaired) electrons. The summed E-state index contributed by atoms with van der Waals surface area (Å²) in [5.41, 5.74) is 0. The van der Waals surface area contributed by atoms with Crippen LogP contribution in [-0.4, -0.2) is 110 Å². The molecule has 28 heavy (non-hydrogen) atoms. The van der Waals surface area contributed by atoms with Crippen LogP contribution in [-0.2, 0) is 37.9 Å². The first kappa shape index (κ1) is 28.1. The third-order valence-electron chi connectivity index (χ3n) is 3.06. The fraction of sp³-hybridized carbons (Fsp3) is 0.895. The topological polar surface area (TPSA) is 73.8 Å². The summed E-state index contributed by atoms with van der Waals surface area (Å²) in [6, 6.07) is 0. The molecule has 0 bridgehead atoms. The van der Waals surface area contributed by atoms with E-state index in [0.717, 1.165) is 11.0 Å². The SMILES string of the molecule is C=CCOCCOCCOCCOCCOCCOCCOCCOCCI. The van der Waals surface area contributed by atoms with Crippen molar-refractivity contribution in [2.45, 2.75) is 0 Å². The van der Waals surface area contributed by atoms with Crippen LogP contribution >= 0.6 is 22.6 Å². The molecule has 0 rings (SSSR count). The second-order valence-electron chi connectivity index (χ2n) is 5.34. The smallest absolute Gasteiger partial charge is 0.0704 e. The van der Waals surface area contributed by atoms with Crippen molar-refractivity contribution in [1.82, 2.24) is 0 Å². The van der Waals surface area contributed by atoms with E-state index in [1.54, 1.807) is 6.08 Å². The van der Waals surface area contributed by atoms with Gasteiger partial charge in [-0.25, -0.2) is 0 Å². The van der Waals surface area contributed by atoms with Gasteiger partial charge in [0.05, 0.1) is 106 Å². The number of alkyl halides is 1. The summed E-state index contributed by atoms with van der Waals surface area (Å²) in [4.78, 5) is 0. The third-order valence-corrected chi connectivity index (χ3v) is 3.50. The Bertz CT molecular complexity index is 297. The first-order valence-electron chi connectivity index (χ1n) is 9.70. The maximum Gasteiger partial charge on any atom is 0.0704 e. The molecule has 0 saturated heterocycles. The molecule has 0 aromatic carbocycles. The van der Waals surface area contributed by atoms with Crippen LogP contribution in [0.3, 0.4) is 0 Å². The van der Waals surface area contributed by atoms with Gasteiger partial charge in [-0.1, -0.05) is 28.7 Å². The van der Waals surface area contributed by atoms with Gasteiger partial charge in [-0.05, 0) is 0 Å². The Morgan fingerprint density at radius 2 is 0.679 bits per heavy atom. The van der Waals surface area contributed by atoms with Crippen molar-refractivity contribution in [2.24, 2.45) is 0 Å². The molecule has 168 valence electrons. The van der Waals surface area contributed by atoms with Gasteiger partial charge in [-0.2, -0.15) is 0 Å². The highest BCUT2D eigenvalue weighted by Gasteiger charge is 1.94. The van der Waals surface area contributed by atoms with Gasteiger partial charge < -0.3 is 37.9 Å². The molecule has 0 aliphatic heterocycles. The van der Waals surface area contributed by atoms with E-state index < -0.39 is 0 Å². The second-order valence-corrected chi connectivity index (χ2v) is 6.42. The van der Waals surface area contributed by atoms with Crippen LogP contribution in [0.5, 0.6) is 0 Å². The number of rotatable bonds is 25. The predicted molar refractivity (Wildman–Crippen MR) is 116 cm³/mol. The van der Waals surface area contributed by atoms with E-state index in [4.69, 9.17) is 37.9 Å². The second kappa shape index (κ2) is 27.1. The van der Waals surface area contributed by atoms with Gasteiger partial charge in [0.2, 0.25) is 0 Å². The summed E-state index contributed by atoms with van der Waals surface area (Å²) in [5.74, 6) is 0. The van der Waals surface area contributed by atoms with Crippen molar-refractivity contribution in [3.05, 3.63) is 12.7 Å². The Hall–Kier alpha value is 0.150. The maximum atomic E-state index is 5.42. The molecule has 0 heterocycles. The van der Waals surface area contributed by atoms with Crippen LogP contribution < -0.4 is 0 Å². The van der Waals surface area contributed by atoms with E-state index in [9.17, 15) is 0 Å². The van der Waals surface area contributed by atoms with Gasteiger partial charge in [0.25, 0.3) is 0 Å². The Labute approximate surface area is 183 Å². The first-order chi connectivity index (χ1) is 13.9. The largest absolute Gasteiger partial charge is 0.378 e. The summed E-state index contributed by atoms with van der Waals surface area (Å²) in [6.07, 6.45) is 1.71. The number of halogens is 1. The average Bonchev–Trinajstić information content (AvgIpc) is 2.71. The first-order valence-corrected chi connectivity index (χ1v) is 11.2. The highest BCUT2D eigenvalue weighted by atomic mass is 127. The molecule has 0 N–H and O–H groups in total. The highest BCUT2D eigenvalue weighted by molar-refractivity contribution is 14.1. The van der Waals surface area contributed by atoms with E-state index in [0.29, 0.717) is 99.1 Å². The molecule has 8 nitrogen and oxygen atoms in total. The van der Waals surface area contributed by atoms with Gasteiger partial charge in [0, 0.05) is 4.43 Å². The van der Waals surface area contributed by atoms with Crippen molar-refractivity contribution in [3.8, 4) is 0 Å². The summed E-state index contributed by atoms with van der Waals surface area (Å²) in [5, 5.41) is 0. The van der Waals surface area contributed by atoms with E-state index in [1.165, 1.54) is 0 Å². The van der Waals surface area contributed by atoms with Crippen molar-refractivity contribution in [3.63, 3.8) is 0 Å². The monoisotopic (exact) mass is 520 g/mol. The van der Waals surface area contributed by atoms with Crippen LogP contribution in [0, 0.1) is 0 Å². The average molecular weight is 520 g/mol. The molecule has 0 aliphatic rings. The van der Waals surface area contributed by atoms with Crippen molar-refractivity contribution < 1.29 is 37.9 Å². The van der Waals surface area contributed by atoms with Gasteiger partial charge in [0.15, 0.2) is 0 Å². The molecule has 0 aromatic heterocycles. The van der Waals surface area contributed by atoms with Gasteiger partial charge in [-0.15, -0.1) is 6.58 Å². The summed E-state index contributed by atoms with van der Waals surface area (Å²) in [6.45, 7) is 12.8. The van der Waals surface area contributed by atoms with E-state index in [1.807, 2.05) is 0 Å². The number of hydrogen-bond donors (Lipinski definition) is 0. The Morgan fingerprint density at radius 1 is 0.429 bits per heavy atom. The van der Waals surface area contributed by atoms with Crippen LogP contribution in [0.4, 0.5) is 0 Å². The quantitative estimate of drug-likeness (QED) is 0.0781. The maximum absolute atomic E-state index is 5.42. The minimum Gasteiger partial charge on any atom is -0.378 e. The van der Waals surface area contributed by atoms with Crippen molar-refractivity contribution in [1.29, 1.82) is 0 Å². The highest BCUT2D eigenvalue weighted by Crippen LogP contribution is 1.86. The lowest BCUT2D eigenvalue weighted by Crippen LogP contribution is -2.15. The molecule has 0 atom stereocenters. The standard InChI is InChI=1S/C19H37IO8/c1-2-4-21-6-8-23-10-12-25-14-16-27-18-19-28-17-15-26-13-11-24-9-7-22-5-3-20/h2H,1,3-19H2. The normalized spacial score (nSPS) is 11.2.